The molecule has 4 heterocycles. The van der Waals surface area contributed by atoms with Gasteiger partial charge in [0.2, 0.25) is 5.88 Å². The Labute approximate surface area is 145 Å². The third-order valence-electron chi connectivity index (χ3n) is 4.41. The third-order valence-corrected chi connectivity index (χ3v) is 4.41. The van der Waals surface area contributed by atoms with Crippen LogP contribution in [0, 0.1) is 0 Å². The van der Waals surface area contributed by atoms with Crippen LogP contribution in [0.1, 0.15) is 17.0 Å². The summed E-state index contributed by atoms with van der Waals surface area (Å²) in [5.41, 5.74) is 0. The molecule has 2 aliphatic rings. The first-order valence-electron chi connectivity index (χ1n) is 8.44. The second-order valence-corrected chi connectivity index (χ2v) is 6.07. The van der Waals surface area contributed by atoms with Crippen molar-refractivity contribution in [1.29, 1.82) is 0 Å². The van der Waals surface area contributed by atoms with Crippen molar-refractivity contribution >= 4 is 11.7 Å². The SMILES string of the molecule is O=C(c1ccco1)N1CC[C@@H](Oc2cc(N3CCOCC3)ncn2)C1. The summed E-state index contributed by atoms with van der Waals surface area (Å²) in [6.45, 7) is 4.19. The van der Waals surface area contributed by atoms with E-state index in [1.54, 1.807) is 17.0 Å². The Balaban J connectivity index is 1.37. The summed E-state index contributed by atoms with van der Waals surface area (Å²) in [4.78, 5) is 24.7. The van der Waals surface area contributed by atoms with Crippen molar-refractivity contribution in [2.75, 3.05) is 44.3 Å². The molecule has 8 nitrogen and oxygen atoms in total. The zero-order valence-corrected chi connectivity index (χ0v) is 13.8. The zero-order valence-electron chi connectivity index (χ0n) is 13.8. The standard InChI is InChI=1S/C17H20N4O4/c22-17(14-2-1-7-24-14)21-4-3-13(11-21)25-16-10-15(18-12-19-16)20-5-8-23-9-6-20/h1-2,7,10,12-13H,3-6,8-9,11H2/t13-/m1/s1. The van der Waals surface area contributed by atoms with Crippen LogP contribution in [0.5, 0.6) is 5.88 Å². The predicted octanol–water partition coefficient (Wildman–Crippen LogP) is 1.20. The van der Waals surface area contributed by atoms with E-state index < -0.39 is 0 Å². The molecule has 1 amide bonds. The molecule has 0 saturated carbocycles. The maximum absolute atomic E-state index is 12.3. The molecule has 0 aliphatic carbocycles. The van der Waals surface area contributed by atoms with Crippen LogP contribution in [0.15, 0.2) is 35.2 Å². The molecule has 2 aliphatic heterocycles. The highest BCUT2D eigenvalue weighted by Crippen LogP contribution is 2.21. The van der Waals surface area contributed by atoms with Gasteiger partial charge in [-0.1, -0.05) is 0 Å². The van der Waals surface area contributed by atoms with Crippen molar-refractivity contribution in [1.82, 2.24) is 14.9 Å². The molecule has 0 bridgehead atoms. The number of furan rings is 1. The maximum atomic E-state index is 12.3. The first-order chi connectivity index (χ1) is 12.3. The van der Waals surface area contributed by atoms with Crippen molar-refractivity contribution in [3.63, 3.8) is 0 Å². The van der Waals surface area contributed by atoms with Gasteiger partial charge in [-0.3, -0.25) is 4.79 Å². The number of ether oxygens (including phenoxy) is 2. The number of carbonyl (C=O) groups is 1. The van der Waals surface area contributed by atoms with Gasteiger partial charge >= 0.3 is 0 Å². The third kappa shape index (κ3) is 3.58. The van der Waals surface area contributed by atoms with Crippen LogP contribution < -0.4 is 9.64 Å². The van der Waals surface area contributed by atoms with Crippen LogP contribution in [0.3, 0.4) is 0 Å². The van der Waals surface area contributed by atoms with Crippen LogP contribution in [0.2, 0.25) is 0 Å². The first kappa shape index (κ1) is 15.9. The molecule has 0 aromatic carbocycles. The van der Waals surface area contributed by atoms with Gasteiger partial charge in [-0.2, -0.15) is 0 Å². The van der Waals surface area contributed by atoms with Crippen molar-refractivity contribution in [3.8, 4) is 5.88 Å². The number of rotatable bonds is 4. The van der Waals surface area contributed by atoms with Crippen molar-refractivity contribution < 1.29 is 18.7 Å². The molecule has 2 aromatic rings. The highest BCUT2D eigenvalue weighted by atomic mass is 16.5. The summed E-state index contributed by atoms with van der Waals surface area (Å²) < 4.78 is 16.5. The molecule has 0 unspecified atom stereocenters. The Morgan fingerprint density at radius 1 is 1.24 bits per heavy atom. The number of hydrogen-bond donors (Lipinski definition) is 0. The fourth-order valence-corrected chi connectivity index (χ4v) is 3.10. The summed E-state index contributed by atoms with van der Waals surface area (Å²) in [6.07, 6.45) is 3.71. The average Bonchev–Trinajstić information content (AvgIpc) is 3.34. The predicted molar refractivity (Wildman–Crippen MR) is 88.7 cm³/mol. The van der Waals surface area contributed by atoms with Gasteiger partial charge in [-0.05, 0) is 12.1 Å². The van der Waals surface area contributed by atoms with E-state index in [0.717, 1.165) is 25.3 Å². The quantitative estimate of drug-likeness (QED) is 0.824. The molecule has 132 valence electrons. The molecule has 2 fully saturated rings. The number of anilines is 1. The summed E-state index contributed by atoms with van der Waals surface area (Å²) in [6, 6.07) is 5.24. The number of morpholine rings is 1. The molecule has 2 saturated heterocycles. The second kappa shape index (κ2) is 7.10. The molecule has 0 N–H and O–H groups in total. The summed E-state index contributed by atoms with van der Waals surface area (Å²) in [7, 11) is 0. The van der Waals surface area contributed by atoms with E-state index in [0.29, 0.717) is 37.9 Å². The van der Waals surface area contributed by atoms with E-state index in [1.165, 1.54) is 12.6 Å². The van der Waals surface area contributed by atoms with Gasteiger partial charge in [-0.15, -0.1) is 0 Å². The van der Waals surface area contributed by atoms with E-state index in [9.17, 15) is 4.79 Å². The number of likely N-dealkylation sites (tertiary alicyclic amines) is 1. The second-order valence-electron chi connectivity index (χ2n) is 6.07. The molecule has 1 atom stereocenters. The van der Waals surface area contributed by atoms with E-state index >= 15 is 0 Å². The van der Waals surface area contributed by atoms with Crippen LogP contribution >= 0.6 is 0 Å². The highest BCUT2D eigenvalue weighted by Gasteiger charge is 2.29. The van der Waals surface area contributed by atoms with Crippen LogP contribution in [-0.4, -0.2) is 66.3 Å². The number of nitrogens with zero attached hydrogens (tertiary/aromatic N) is 4. The molecule has 4 rings (SSSR count). The lowest BCUT2D eigenvalue weighted by Gasteiger charge is -2.27. The topological polar surface area (TPSA) is 80.9 Å². The van der Waals surface area contributed by atoms with E-state index in [2.05, 4.69) is 14.9 Å². The maximum Gasteiger partial charge on any atom is 0.289 e. The van der Waals surface area contributed by atoms with Gasteiger partial charge in [0.25, 0.3) is 5.91 Å². The smallest absolute Gasteiger partial charge is 0.289 e. The molecule has 0 radical (unpaired) electrons. The Kier molecular flexibility index (Phi) is 4.51. The normalized spacial score (nSPS) is 20.7. The van der Waals surface area contributed by atoms with Crippen LogP contribution in [-0.2, 0) is 4.74 Å². The molecule has 2 aromatic heterocycles. The van der Waals surface area contributed by atoms with Gasteiger partial charge in [-0.25, -0.2) is 9.97 Å². The van der Waals surface area contributed by atoms with Gasteiger partial charge in [0.05, 0.1) is 26.0 Å². The fraction of sp³-hybridized carbons (Fsp3) is 0.471. The Morgan fingerprint density at radius 2 is 2.12 bits per heavy atom. The van der Waals surface area contributed by atoms with Gasteiger partial charge in [0, 0.05) is 32.1 Å². The zero-order chi connectivity index (χ0) is 17.1. The minimum atomic E-state index is -0.104. The molecule has 8 heteroatoms. The van der Waals surface area contributed by atoms with E-state index in [1.807, 2.05) is 6.07 Å². The number of aromatic nitrogens is 2. The Hall–Kier alpha value is -2.61. The number of amides is 1. The Bertz CT molecular complexity index is 715. The summed E-state index contributed by atoms with van der Waals surface area (Å²) in [5.74, 6) is 1.63. The van der Waals surface area contributed by atoms with Gasteiger partial charge < -0.3 is 23.7 Å². The van der Waals surface area contributed by atoms with Crippen LogP contribution in [0.4, 0.5) is 5.82 Å². The first-order valence-corrected chi connectivity index (χ1v) is 8.44. The van der Waals surface area contributed by atoms with Crippen molar-refractivity contribution in [2.45, 2.75) is 12.5 Å². The highest BCUT2D eigenvalue weighted by molar-refractivity contribution is 5.91. The number of carbonyl (C=O) groups excluding carboxylic acids is 1. The van der Waals surface area contributed by atoms with Crippen LogP contribution in [0.25, 0.3) is 0 Å². The summed E-state index contributed by atoms with van der Waals surface area (Å²) in [5, 5.41) is 0. The monoisotopic (exact) mass is 344 g/mol. The average molecular weight is 344 g/mol. The largest absolute Gasteiger partial charge is 0.472 e. The lowest BCUT2D eigenvalue weighted by molar-refractivity contribution is 0.0740. The van der Waals surface area contributed by atoms with Gasteiger partial charge in [0.15, 0.2) is 5.76 Å². The summed E-state index contributed by atoms with van der Waals surface area (Å²) >= 11 is 0. The minimum absolute atomic E-state index is 0.0775. The van der Waals surface area contributed by atoms with Gasteiger partial charge in [0.1, 0.15) is 18.2 Å². The number of hydrogen-bond acceptors (Lipinski definition) is 7. The van der Waals surface area contributed by atoms with E-state index in [-0.39, 0.29) is 12.0 Å². The molecule has 25 heavy (non-hydrogen) atoms. The van der Waals surface area contributed by atoms with Crippen molar-refractivity contribution in [3.05, 3.63) is 36.5 Å². The molecular formula is C17H20N4O4. The lowest BCUT2D eigenvalue weighted by Crippen LogP contribution is -2.36. The minimum Gasteiger partial charge on any atom is -0.472 e. The molecular weight excluding hydrogens is 324 g/mol. The molecule has 0 spiro atoms. The fourth-order valence-electron chi connectivity index (χ4n) is 3.10. The Morgan fingerprint density at radius 3 is 2.92 bits per heavy atom. The van der Waals surface area contributed by atoms with Crippen molar-refractivity contribution in [2.24, 2.45) is 0 Å². The lowest BCUT2D eigenvalue weighted by atomic mass is 10.3. The van der Waals surface area contributed by atoms with E-state index in [4.69, 9.17) is 13.9 Å².